The van der Waals surface area contributed by atoms with Gasteiger partial charge in [-0.15, -0.1) is 0 Å². The van der Waals surface area contributed by atoms with Crippen LogP contribution in [0.1, 0.15) is 23.6 Å². The third-order valence-electron chi connectivity index (χ3n) is 4.83. The Morgan fingerprint density at radius 2 is 1.92 bits per heavy atom. The molecule has 9 nitrogen and oxygen atoms in total. The summed E-state index contributed by atoms with van der Waals surface area (Å²) in [6.07, 6.45) is 1.37. The second kappa shape index (κ2) is 12.2. The van der Waals surface area contributed by atoms with Crippen LogP contribution in [0.5, 0.6) is 11.5 Å². The summed E-state index contributed by atoms with van der Waals surface area (Å²) in [6.45, 7) is 2.27. The van der Waals surface area contributed by atoms with Crippen LogP contribution >= 0.6 is 15.9 Å². The number of carbonyl (C=O) groups excluding carboxylic acids is 1. The van der Waals surface area contributed by atoms with E-state index >= 15 is 0 Å². The number of nitriles is 2. The lowest BCUT2D eigenvalue weighted by molar-refractivity contribution is -0.384. The van der Waals surface area contributed by atoms with Crippen molar-refractivity contribution in [2.24, 2.45) is 0 Å². The maximum absolute atomic E-state index is 12.6. The highest BCUT2D eigenvalue weighted by atomic mass is 79.9. The maximum atomic E-state index is 12.6. The number of amides is 1. The molecule has 1 amide bonds. The van der Waals surface area contributed by atoms with E-state index in [2.05, 4.69) is 27.3 Å². The SMILES string of the molecule is CCOc1cc(/C=C(\C#N)C(=O)Nc2cccc([N+](=O)[O-])c2)cc(Br)c1OCc1ccccc1C#N. The van der Waals surface area contributed by atoms with Crippen LogP contribution in [-0.2, 0) is 11.4 Å². The number of nitro benzene ring substituents is 1. The number of nitro groups is 1. The lowest BCUT2D eigenvalue weighted by atomic mass is 10.1. The Kier molecular flexibility index (Phi) is 8.76. The van der Waals surface area contributed by atoms with Crippen molar-refractivity contribution in [1.29, 1.82) is 10.5 Å². The standard InChI is InChI=1S/C26H19BrN4O5/c1-2-35-24-12-17(11-23(27)25(24)36-16-19-7-4-3-6-18(19)14-28)10-20(15-29)26(32)30-21-8-5-9-22(13-21)31(33)34/h3-13H,2,16H2,1H3,(H,30,32)/b20-10+. The first-order valence-electron chi connectivity index (χ1n) is 10.6. The Labute approximate surface area is 215 Å². The van der Waals surface area contributed by atoms with Gasteiger partial charge < -0.3 is 14.8 Å². The highest BCUT2D eigenvalue weighted by Crippen LogP contribution is 2.38. The van der Waals surface area contributed by atoms with Crippen molar-refractivity contribution in [2.75, 3.05) is 11.9 Å². The van der Waals surface area contributed by atoms with E-state index in [0.717, 1.165) is 0 Å². The number of benzene rings is 3. The van der Waals surface area contributed by atoms with Gasteiger partial charge >= 0.3 is 0 Å². The molecule has 0 unspecified atom stereocenters. The van der Waals surface area contributed by atoms with Crippen molar-refractivity contribution >= 4 is 39.3 Å². The molecule has 0 spiro atoms. The lowest BCUT2D eigenvalue weighted by Crippen LogP contribution is -2.13. The largest absolute Gasteiger partial charge is 0.490 e. The summed E-state index contributed by atoms with van der Waals surface area (Å²) in [5.41, 5.74) is 1.48. The second-order valence-electron chi connectivity index (χ2n) is 7.25. The molecule has 0 aliphatic carbocycles. The molecule has 10 heteroatoms. The highest BCUT2D eigenvalue weighted by molar-refractivity contribution is 9.10. The number of nitrogens with one attached hydrogen (secondary N) is 1. The van der Waals surface area contributed by atoms with E-state index in [4.69, 9.17) is 9.47 Å². The van der Waals surface area contributed by atoms with Crippen LogP contribution in [0.3, 0.4) is 0 Å². The molecule has 0 aliphatic rings. The summed E-state index contributed by atoms with van der Waals surface area (Å²) in [5.74, 6) is 0.0609. The van der Waals surface area contributed by atoms with Crippen LogP contribution in [0, 0.1) is 32.8 Å². The molecule has 0 heterocycles. The monoisotopic (exact) mass is 546 g/mol. The Morgan fingerprint density at radius 3 is 2.61 bits per heavy atom. The molecule has 180 valence electrons. The zero-order chi connectivity index (χ0) is 26.1. The van der Waals surface area contributed by atoms with Gasteiger partial charge in [0.2, 0.25) is 0 Å². The Balaban J connectivity index is 1.86. The number of hydrogen-bond acceptors (Lipinski definition) is 7. The molecular formula is C26H19BrN4O5. The summed E-state index contributed by atoms with van der Waals surface area (Å²) >= 11 is 3.45. The molecule has 0 saturated heterocycles. The third kappa shape index (κ3) is 6.47. The van der Waals surface area contributed by atoms with Crippen molar-refractivity contribution in [2.45, 2.75) is 13.5 Å². The number of hydrogen-bond donors (Lipinski definition) is 1. The summed E-state index contributed by atoms with van der Waals surface area (Å²) in [5, 5.41) is 32.3. The molecule has 0 radical (unpaired) electrons. The predicted octanol–water partition coefficient (Wildman–Crippen LogP) is 5.75. The van der Waals surface area contributed by atoms with E-state index in [0.29, 0.717) is 39.3 Å². The molecular weight excluding hydrogens is 528 g/mol. The van der Waals surface area contributed by atoms with Crippen LogP contribution < -0.4 is 14.8 Å². The smallest absolute Gasteiger partial charge is 0.271 e. The third-order valence-corrected chi connectivity index (χ3v) is 5.42. The van der Waals surface area contributed by atoms with Crippen molar-refractivity contribution in [3.8, 4) is 23.6 Å². The number of ether oxygens (including phenoxy) is 2. The highest BCUT2D eigenvalue weighted by Gasteiger charge is 2.16. The normalized spacial score (nSPS) is 10.6. The molecule has 0 bridgehead atoms. The second-order valence-corrected chi connectivity index (χ2v) is 8.11. The lowest BCUT2D eigenvalue weighted by Gasteiger charge is -2.15. The van der Waals surface area contributed by atoms with Gasteiger partial charge in [0.25, 0.3) is 11.6 Å². The number of halogens is 1. The van der Waals surface area contributed by atoms with Crippen LogP contribution in [0.25, 0.3) is 6.08 Å². The zero-order valence-electron chi connectivity index (χ0n) is 19.0. The minimum atomic E-state index is -0.722. The van der Waals surface area contributed by atoms with E-state index in [1.807, 2.05) is 12.1 Å². The van der Waals surface area contributed by atoms with Gasteiger partial charge in [-0.1, -0.05) is 24.3 Å². The first kappa shape index (κ1) is 25.9. The van der Waals surface area contributed by atoms with E-state index in [-0.39, 0.29) is 23.6 Å². The minimum absolute atomic E-state index is 0.132. The molecule has 0 fully saturated rings. The van der Waals surface area contributed by atoms with Crippen LogP contribution in [0.2, 0.25) is 0 Å². The van der Waals surface area contributed by atoms with Gasteiger partial charge in [-0.25, -0.2) is 0 Å². The average Bonchev–Trinajstić information content (AvgIpc) is 2.87. The number of rotatable bonds is 9. The summed E-state index contributed by atoms with van der Waals surface area (Å²) in [4.78, 5) is 23.0. The Hall–Kier alpha value is -4.67. The van der Waals surface area contributed by atoms with Crippen LogP contribution in [-0.4, -0.2) is 17.4 Å². The van der Waals surface area contributed by atoms with Gasteiger partial charge in [-0.3, -0.25) is 14.9 Å². The number of nitrogens with zero attached hydrogens (tertiary/aromatic N) is 3. The first-order valence-corrected chi connectivity index (χ1v) is 11.4. The van der Waals surface area contributed by atoms with Crippen molar-refractivity contribution < 1.29 is 19.2 Å². The number of anilines is 1. The van der Waals surface area contributed by atoms with E-state index < -0.39 is 10.8 Å². The average molecular weight is 547 g/mol. The fourth-order valence-corrected chi connectivity index (χ4v) is 3.76. The van der Waals surface area contributed by atoms with Gasteiger partial charge in [-0.05, 0) is 58.8 Å². The topological polar surface area (TPSA) is 138 Å². The zero-order valence-corrected chi connectivity index (χ0v) is 20.6. The van der Waals surface area contributed by atoms with Crippen LogP contribution in [0.15, 0.2) is 70.7 Å². The molecule has 3 rings (SSSR count). The molecule has 3 aromatic rings. The summed E-state index contributed by atoms with van der Waals surface area (Å²) < 4.78 is 12.2. The van der Waals surface area contributed by atoms with Crippen molar-refractivity contribution in [1.82, 2.24) is 0 Å². The maximum Gasteiger partial charge on any atom is 0.271 e. The van der Waals surface area contributed by atoms with Crippen LogP contribution in [0.4, 0.5) is 11.4 Å². The first-order chi connectivity index (χ1) is 17.4. The molecule has 1 N–H and O–H groups in total. The van der Waals surface area contributed by atoms with E-state index in [9.17, 15) is 25.4 Å². The quantitative estimate of drug-likeness (QED) is 0.156. The minimum Gasteiger partial charge on any atom is -0.490 e. The van der Waals surface area contributed by atoms with E-state index in [1.165, 1.54) is 30.3 Å². The van der Waals surface area contributed by atoms with Crippen molar-refractivity contribution in [3.05, 3.63) is 97.5 Å². The number of carbonyl (C=O) groups is 1. The molecule has 36 heavy (non-hydrogen) atoms. The van der Waals surface area contributed by atoms with Gasteiger partial charge in [-0.2, -0.15) is 10.5 Å². The van der Waals surface area contributed by atoms with Crippen molar-refractivity contribution in [3.63, 3.8) is 0 Å². The summed E-state index contributed by atoms with van der Waals surface area (Å²) in [6, 6.07) is 19.8. The Bertz CT molecular complexity index is 1420. The van der Waals surface area contributed by atoms with Gasteiger partial charge in [0.1, 0.15) is 18.2 Å². The van der Waals surface area contributed by atoms with E-state index in [1.54, 1.807) is 37.3 Å². The fraction of sp³-hybridized carbons (Fsp3) is 0.115. The fourth-order valence-electron chi connectivity index (χ4n) is 3.19. The number of non-ortho nitro benzene ring substituents is 1. The Morgan fingerprint density at radius 1 is 1.14 bits per heavy atom. The molecule has 0 aliphatic heterocycles. The van der Waals surface area contributed by atoms with Gasteiger partial charge in [0.05, 0.1) is 27.6 Å². The molecule has 3 aromatic carbocycles. The summed E-state index contributed by atoms with van der Waals surface area (Å²) in [7, 11) is 0. The predicted molar refractivity (Wildman–Crippen MR) is 136 cm³/mol. The van der Waals surface area contributed by atoms with Gasteiger partial charge in [0.15, 0.2) is 11.5 Å². The molecule has 0 saturated carbocycles. The molecule has 0 aromatic heterocycles. The van der Waals surface area contributed by atoms with Gasteiger partial charge in [0, 0.05) is 23.4 Å². The molecule has 0 atom stereocenters.